The van der Waals surface area contributed by atoms with E-state index in [0.29, 0.717) is 35.2 Å². The maximum Gasteiger partial charge on any atom is 0.162 e. The van der Waals surface area contributed by atoms with E-state index in [2.05, 4.69) is 327 Å². The molecule has 0 saturated heterocycles. The Kier molecular flexibility index (Phi) is 95.2. The van der Waals surface area contributed by atoms with Crippen molar-refractivity contribution < 1.29 is 26.3 Å². The van der Waals surface area contributed by atoms with E-state index >= 15 is 0 Å². The average Bonchev–Trinajstić information content (AvgIpc) is 1.71. The van der Waals surface area contributed by atoms with E-state index in [-0.39, 0.29) is 21.0 Å². The molecule has 0 spiro atoms. The molecular formula is C108H200O6S2. The molecule has 6 nitrogen and oxygen atoms in total. The summed E-state index contributed by atoms with van der Waals surface area (Å²) in [6.45, 7) is 106. The summed E-state index contributed by atoms with van der Waals surface area (Å²) in [5.41, 5.74) is 8.53. The molecule has 0 aromatic rings. The highest BCUT2D eigenvalue weighted by atomic mass is 32.2. The maximum atomic E-state index is 11.0. The van der Waals surface area contributed by atoms with Gasteiger partial charge in [-0.2, -0.15) is 0 Å². The van der Waals surface area contributed by atoms with Gasteiger partial charge in [-0.1, -0.05) is 345 Å². The fraction of sp³-hybridized carbons (Fsp3) is 0.667. The molecule has 0 bridgehead atoms. The molecule has 8 heteroatoms. The molecule has 4 aliphatic carbocycles. The second-order valence-corrected chi connectivity index (χ2v) is 39.1. The molecule has 16 atom stereocenters. The van der Waals surface area contributed by atoms with E-state index < -0.39 is 19.7 Å². The number of rotatable bonds is 12. The van der Waals surface area contributed by atoms with Gasteiger partial charge in [0.2, 0.25) is 0 Å². The second-order valence-electron chi connectivity index (χ2n) is 33.7. The number of ether oxygens (including phenoxy) is 2. The SMILES string of the molecule is C/C=C\CC.C/C=C\CC.C=C(C)CC.C=C(C)CC.C=C(C)CC.C=C(C)CC.C=C(C)CC.C=C(C)CC.CC/C=C\CC.CC/C=C\CC.CC1C=CC(C)C1.CC1C=CC(C)C1.CC1C=CC(C)C1(C)C.CC1C=CC(C)C1(C)C.CC1C=CC(C)O1.CC1C=CC(C)O1.CC1C=CC(C)S1(=O)=O.CC1C=CC(C)S1(=O)=O. The Morgan fingerprint density at radius 3 is 0.474 bits per heavy atom. The zero-order valence-electron chi connectivity index (χ0n) is 84.5. The lowest BCUT2D eigenvalue weighted by molar-refractivity contribution is 0.0827. The second kappa shape index (κ2) is 83.8. The number of hydrogen-bond donors (Lipinski definition) is 0. The maximum absolute atomic E-state index is 11.0. The lowest BCUT2D eigenvalue weighted by atomic mass is 9.76. The number of sulfone groups is 2. The summed E-state index contributed by atoms with van der Waals surface area (Å²) in [5.74, 6) is 6.40. The molecule has 116 heavy (non-hydrogen) atoms. The lowest BCUT2D eigenvalue weighted by Gasteiger charge is -2.28. The molecule has 0 radical (unpaired) electrons. The van der Waals surface area contributed by atoms with Crippen LogP contribution >= 0.6 is 0 Å². The fourth-order valence-electron chi connectivity index (χ4n) is 9.10. The van der Waals surface area contributed by atoms with Gasteiger partial charge in [-0.25, -0.2) is 16.8 Å². The van der Waals surface area contributed by atoms with Crippen molar-refractivity contribution in [3.8, 4) is 0 Å². The van der Waals surface area contributed by atoms with Crippen molar-refractivity contribution in [3.05, 3.63) is 219 Å². The van der Waals surface area contributed by atoms with Crippen LogP contribution < -0.4 is 0 Å². The predicted molar refractivity (Wildman–Crippen MR) is 539 cm³/mol. The number of allylic oxidation sites excluding steroid dienone is 22. The van der Waals surface area contributed by atoms with Crippen LogP contribution in [0, 0.1) is 58.2 Å². The molecule has 0 aromatic carbocycles. The van der Waals surface area contributed by atoms with Gasteiger partial charge in [0, 0.05) is 0 Å². The molecule has 8 rings (SSSR count). The minimum atomic E-state index is -2.81. The molecule has 4 aliphatic heterocycles. The quantitative estimate of drug-likeness (QED) is 0.181. The predicted octanol–water partition coefficient (Wildman–Crippen LogP) is 34.8. The Morgan fingerprint density at radius 1 is 0.284 bits per heavy atom. The third-order valence-corrected chi connectivity index (χ3v) is 25.3. The molecule has 0 saturated carbocycles. The number of hydrogen-bond acceptors (Lipinski definition) is 6. The van der Waals surface area contributed by atoms with Crippen molar-refractivity contribution in [1.29, 1.82) is 0 Å². The van der Waals surface area contributed by atoms with E-state index in [1.54, 1.807) is 52.0 Å². The van der Waals surface area contributed by atoms with Gasteiger partial charge in [0.25, 0.3) is 0 Å². The highest BCUT2D eigenvalue weighted by Crippen LogP contribution is 2.42. The summed E-state index contributed by atoms with van der Waals surface area (Å²) in [6.07, 6.45) is 68.6. The van der Waals surface area contributed by atoms with Crippen molar-refractivity contribution >= 4 is 19.7 Å². The topological polar surface area (TPSA) is 86.7 Å². The third-order valence-electron chi connectivity index (χ3n) is 20.5. The third kappa shape index (κ3) is 87.0. The molecule has 16 unspecified atom stereocenters. The Hall–Kier alpha value is -4.86. The normalized spacial score (nSPS) is 25.7. The summed E-state index contributed by atoms with van der Waals surface area (Å²) in [4.78, 5) is 0. The van der Waals surface area contributed by atoms with Crippen LogP contribution in [0.4, 0.5) is 0 Å². The van der Waals surface area contributed by atoms with Gasteiger partial charge in [0.05, 0.1) is 45.4 Å². The Balaban J connectivity index is -0.000000129. The monoisotopic (exact) mass is 1660 g/mol. The summed E-state index contributed by atoms with van der Waals surface area (Å²) in [6, 6.07) is 0. The largest absolute Gasteiger partial charge is 0.367 e. The first-order valence-electron chi connectivity index (χ1n) is 45.2. The smallest absolute Gasteiger partial charge is 0.162 e. The molecule has 0 N–H and O–H groups in total. The molecular weight excluding hydrogens is 1460 g/mol. The van der Waals surface area contributed by atoms with Gasteiger partial charge in [0.1, 0.15) is 0 Å². The zero-order valence-corrected chi connectivity index (χ0v) is 86.1. The van der Waals surface area contributed by atoms with E-state index in [9.17, 15) is 16.8 Å². The van der Waals surface area contributed by atoms with Crippen molar-refractivity contribution in [2.75, 3.05) is 0 Å². The minimum Gasteiger partial charge on any atom is -0.367 e. The van der Waals surface area contributed by atoms with Crippen LogP contribution in [0.2, 0.25) is 0 Å². The van der Waals surface area contributed by atoms with Gasteiger partial charge in [-0.3, -0.25) is 0 Å². The Morgan fingerprint density at radius 2 is 0.431 bits per heavy atom. The molecule has 4 heterocycles. The van der Waals surface area contributed by atoms with Gasteiger partial charge >= 0.3 is 0 Å². The Labute approximate surface area is 730 Å². The fourth-order valence-corrected chi connectivity index (χ4v) is 11.7. The van der Waals surface area contributed by atoms with Crippen molar-refractivity contribution in [3.63, 3.8) is 0 Å². The lowest BCUT2D eigenvalue weighted by Crippen LogP contribution is -2.21. The first-order valence-corrected chi connectivity index (χ1v) is 48.5. The van der Waals surface area contributed by atoms with Gasteiger partial charge < -0.3 is 9.47 Å². The highest BCUT2D eigenvalue weighted by Gasteiger charge is 2.34. The minimum absolute atomic E-state index is 0.271. The van der Waals surface area contributed by atoms with Crippen LogP contribution in [0.15, 0.2) is 219 Å². The van der Waals surface area contributed by atoms with E-state index in [4.69, 9.17) is 9.47 Å². The molecule has 0 amide bonds. The first kappa shape index (κ1) is 132. The standard InChI is InChI=1S/2C9H16.2C7H12.2C6H10O2S.2C6H10O.2C6H12.8C5H10/c2*1-7-5-6-8(2)9(7,3)4;2*1-6-3-4-7(2)5-6;2*1-5-3-4-6(2)9(5,7)8;2*1-5-3-4-6(2)7-5;2*1-3-5-6-4-2;6*1-4-5(2)3;2*1-3-5-4-2/h2*5-8H,1-4H3;2*3-4,6-7H,5H2,1-2H3;2*3-6H,1-2H3;2*3-6H,1-2H3;2*5-6H,3-4H2,1-2H3;6*2,4H2,1,3H3;2*3,5H,4H2,1-2H3/b;;;;;;;;2*6-5-;;;;;;;2*5-3-. The van der Waals surface area contributed by atoms with Crippen molar-refractivity contribution in [2.24, 2.45) is 58.2 Å². The molecule has 0 fully saturated rings. The Bertz CT molecular complexity index is 2580. The average molecular weight is 1660 g/mol. The zero-order chi connectivity index (χ0) is 93.0. The van der Waals surface area contributed by atoms with Crippen LogP contribution in [-0.2, 0) is 29.1 Å². The molecule has 8 aliphatic rings. The van der Waals surface area contributed by atoms with Crippen LogP contribution in [0.3, 0.4) is 0 Å². The first-order chi connectivity index (χ1) is 53.6. The van der Waals surface area contributed by atoms with Crippen LogP contribution in [0.1, 0.15) is 367 Å². The van der Waals surface area contributed by atoms with Crippen LogP contribution in [0.25, 0.3) is 0 Å². The van der Waals surface area contributed by atoms with Gasteiger partial charge in [-0.15, -0.1) is 39.5 Å². The molecule has 680 valence electrons. The van der Waals surface area contributed by atoms with Crippen molar-refractivity contribution in [2.45, 2.75) is 412 Å². The highest BCUT2D eigenvalue weighted by molar-refractivity contribution is 7.93. The summed E-state index contributed by atoms with van der Waals surface area (Å²) in [7, 11) is -5.63. The van der Waals surface area contributed by atoms with E-state index in [0.717, 1.165) is 98.7 Å². The van der Waals surface area contributed by atoms with E-state index in [1.165, 1.54) is 72.0 Å². The van der Waals surface area contributed by atoms with Crippen LogP contribution in [-0.4, -0.2) is 62.3 Å². The van der Waals surface area contributed by atoms with Crippen LogP contribution in [0.5, 0.6) is 0 Å². The summed E-state index contributed by atoms with van der Waals surface area (Å²) < 4.78 is 54.6. The summed E-state index contributed by atoms with van der Waals surface area (Å²) >= 11 is 0. The van der Waals surface area contributed by atoms with Crippen molar-refractivity contribution in [1.82, 2.24) is 0 Å². The van der Waals surface area contributed by atoms with Gasteiger partial charge in [0.15, 0.2) is 19.7 Å². The van der Waals surface area contributed by atoms with E-state index in [1.807, 2.05) is 83.1 Å². The summed E-state index contributed by atoms with van der Waals surface area (Å²) in [5, 5.41) is -1.08. The molecule has 0 aromatic heterocycles. The van der Waals surface area contributed by atoms with Gasteiger partial charge in [-0.05, 0) is 259 Å².